The highest BCUT2D eigenvalue weighted by molar-refractivity contribution is 6.30. The van der Waals surface area contributed by atoms with Crippen molar-refractivity contribution < 1.29 is 14.3 Å². The molecular formula is C24H33ClN4O5. The van der Waals surface area contributed by atoms with E-state index in [9.17, 15) is 19.2 Å². The van der Waals surface area contributed by atoms with Crippen molar-refractivity contribution in [2.75, 3.05) is 17.2 Å². The molecule has 0 radical (unpaired) electrons. The minimum atomic E-state index is -0.717. The Balaban J connectivity index is 2.14. The maximum atomic E-state index is 13.1. The number of carbonyl (C=O) groups is 2. The minimum Gasteiger partial charge on any atom is -0.461 e. The second-order valence-corrected chi connectivity index (χ2v) is 8.47. The van der Waals surface area contributed by atoms with Gasteiger partial charge < -0.3 is 15.4 Å². The van der Waals surface area contributed by atoms with Crippen molar-refractivity contribution in [2.45, 2.75) is 71.9 Å². The van der Waals surface area contributed by atoms with E-state index in [2.05, 4.69) is 4.98 Å². The largest absolute Gasteiger partial charge is 0.461 e. The molecule has 2 rings (SSSR count). The van der Waals surface area contributed by atoms with Gasteiger partial charge in [0, 0.05) is 24.5 Å². The number of aromatic nitrogens is 2. The third-order valence-corrected chi connectivity index (χ3v) is 5.61. The van der Waals surface area contributed by atoms with Crippen LogP contribution in [0.4, 0.5) is 11.5 Å². The number of unbranched alkanes of at least 4 members (excludes halogenated alkanes) is 3. The Hall–Kier alpha value is -3.07. The van der Waals surface area contributed by atoms with Gasteiger partial charge in [0.15, 0.2) is 5.69 Å². The molecule has 1 amide bonds. The van der Waals surface area contributed by atoms with E-state index in [1.165, 1.54) is 9.47 Å². The van der Waals surface area contributed by atoms with Crippen molar-refractivity contribution in [2.24, 2.45) is 0 Å². The van der Waals surface area contributed by atoms with Crippen LogP contribution in [0.25, 0.3) is 0 Å². The number of nitrogens with one attached hydrogen (secondary N) is 1. The van der Waals surface area contributed by atoms with Crippen molar-refractivity contribution in [3.63, 3.8) is 0 Å². The highest BCUT2D eigenvalue weighted by atomic mass is 35.5. The molecule has 3 N–H and O–H groups in total. The quantitative estimate of drug-likeness (QED) is 0.324. The third-order valence-electron chi connectivity index (χ3n) is 5.36. The fraction of sp³-hybridized carbons (Fsp3) is 0.500. The van der Waals surface area contributed by atoms with Gasteiger partial charge in [0.05, 0.1) is 6.42 Å². The van der Waals surface area contributed by atoms with E-state index in [1.807, 2.05) is 13.8 Å². The van der Waals surface area contributed by atoms with Crippen LogP contribution in [0.15, 0.2) is 33.9 Å². The van der Waals surface area contributed by atoms with Gasteiger partial charge in [-0.05, 0) is 30.5 Å². The van der Waals surface area contributed by atoms with E-state index < -0.39 is 23.1 Å². The summed E-state index contributed by atoms with van der Waals surface area (Å²) in [5, 5.41) is 0.583. The molecule has 0 aliphatic rings. The number of aromatic amines is 1. The first-order valence-corrected chi connectivity index (χ1v) is 12.0. The Morgan fingerprint density at radius 2 is 1.74 bits per heavy atom. The van der Waals surface area contributed by atoms with Crippen molar-refractivity contribution >= 4 is 35.0 Å². The molecule has 0 atom stereocenters. The number of halogens is 1. The number of nitrogens with two attached hydrogens (primary N) is 1. The molecule has 0 aliphatic carbocycles. The summed E-state index contributed by atoms with van der Waals surface area (Å²) in [5.41, 5.74) is 5.60. The van der Waals surface area contributed by atoms with Crippen LogP contribution in [0.2, 0.25) is 5.02 Å². The van der Waals surface area contributed by atoms with Gasteiger partial charge in [-0.1, -0.05) is 56.8 Å². The Kier molecular flexibility index (Phi) is 10.9. The van der Waals surface area contributed by atoms with Gasteiger partial charge in [-0.3, -0.25) is 23.9 Å². The first-order chi connectivity index (χ1) is 16.3. The number of nitrogens with zero attached hydrogens (tertiary/aromatic N) is 2. The van der Waals surface area contributed by atoms with E-state index in [0.717, 1.165) is 24.8 Å². The number of carbonyl (C=O) groups excluding carboxylic acids is 2. The van der Waals surface area contributed by atoms with Crippen molar-refractivity contribution in [1.29, 1.82) is 0 Å². The number of rotatable bonds is 13. The number of amides is 1. The van der Waals surface area contributed by atoms with Crippen molar-refractivity contribution in [3.05, 3.63) is 55.7 Å². The van der Waals surface area contributed by atoms with Crippen LogP contribution >= 0.6 is 11.6 Å². The van der Waals surface area contributed by atoms with Gasteiger partial charge in [0.25, 0.3) is 5.56 Å². The summed E-state index contributed by atoms with van der Waals surface area (Å²) in [4.78, 5) is 53.7. The summed E-state index contributed by atoms with van der Waals surface area (Å²) in [6.45, 7) is 4.65. The van der Waals surface area contributed by atoms with Gasteiger partial charge in [-0.15, -0.1) is 0 Å². The molecule has 0 unspecified atom stereocenters. The van der Waals surface area contributed by atoms with Gasteiger partial charge in [-0.2, -0.15) is 0 Å². The summed E-state index contributed by atoms with van der Waals surface area (Å²) >= 11 is 5.85. The lowest BCUT2D eigenvalue weighted by molar-refractivity contribution is -0.146. The molecule has 9 nitrogen and oxygen atoms in total. The van der Waals surface area contributed by atoms with Crippen LogP contribution in [-0.4, -0.2) is 28.0 Å². The first-order valence-electron chi connectivity index (χ1n) is 11.6. The number of benzene rings is 1. The molecule has 10 heteroatoms. The lowest BCUT2D eigenvalue weighted by atomic mass is 10.2. The molecule has 1 heterocycles. The lowest BCUT2D eigenvalue weighted by Gasteiger charge is -2.24. The minimum absolute atomic E-state index is 0.0441. The van der Waals surface area contributed by atoms with Crippen LogP contribution < -0.4 is 21.9 Å². The predicted molar refractivity (Wildman–Crippen MR) is 133 cm³/mol. The summed E-state index contributed by atoms with van der Waals surface area (Å²) in [5.74, 6) is -1.01. The first kappa shape index (κ1) is 27.2. The number of H-pyrrole nitrogens is 1. The van der Waals surface area contributed by atoms with Crippen molar-refractivity contribution in [1.82, 2.24) is 9.55 Å². The standard InChI is InChI=1S/C24H33ClN4O5/c1-3-5-7-15-28(21-22(26)29(14-6-4-2)24(33)27-23(21)32)19(30)12-13-20(31)34-16-17-8-10-18(25)11-9-17/h8-11H,3-7,12-16,26H2,1-2H3,(H,27,32,33). The summed E-state index contributed by atoms with van der Waals surface area (Å²) in [7, 11) is 0. The van der Waals surface area contributed by atoms with E-state index in [1.54, 1.807) is 24.3 Å². The third kappa shape index (κ3) is 7.76. The van der Waals surface area contributed by atoms with E-state index in [4.69, 9.17) is 22.1 Å². The number of ether oxygens (including phenoxy) is 1. The molecule has 0 saturated carbocycles. The fourth-order valence-corrected chi connectivity index (χ4v) is 3.54. The van der Waals surface area contributed by atoms with Gasteiger partial charge in [0.1, 0.15) is 12.4 Å². The molecule has 186 valence electrons. The van der Waals surface area contributed by atoms with Crippen LogP contribution in [0.1, 0.15) is 64.4 Å². The maximum Gasteiger partial charge on any atom is 0.330 e. The SMILES string of the molecule is CCCCCN(C(=O)CCC(=O)OCc1ccc(Cl)cc1)c1c(N)n(CCCC)c(=O)[nH]c1=O. The Morgan fingerprint density at radius 3 is 2.38 bits per heavy atom. The highest BCUT2D eigenvalue weighted by Crippen LogP contribution is 2.20. The van der Waals surface area contributed by atoms with Crippen LogP contribution in [0.5, 0.6) is 0 Å². The highest BCUT2D eigenvalue weighted by Gasteiger charge is 2.24. The van der Waals surface area contributed by atoms with Crippen LogP contribution in [-0.2, 0) is 27.5 Å². The topological polar surface area (TPSA) is 127 Å². The number of anilines is 2. The average molecular weight is 493 g/mol. The second kappa shape index (κ2) is 13.6. The molecule has 0 saturated heterocycles. The molecule has 1 aromatic carbocycles. The summed E-state index contributed by atoms with van der Waals surface area (Å²) < 4.78 is 6.52. The predicted octanol–water partition coefficient (Wildman–Crippen LogP) is 3.62. The monoisotopic (exact) mass is 492 g/mol. The zero-order valence-corrected chi connectivity index (χ0v) is 20.5. The zero-order valence-electron chi connectivity index (χ0n) is 19.8. The lowest BCUT2D eigenvalue weighted by Crippen LogP contribution is -2.41. The Labute approximate surface area is 203 Å². The van der Waals surface area contributed by atoms with Crippen LogP contribution in [0.3, 0.4) is 0 Å². The number of hydrogen-bond donors (Lipinski definition) is 2. The fourth-order valence-electron chi connectivity index (χ4n) is 3.42. The molecule has 0 bridgehead atoms. The van der Waals surface area contributed by atoms with Crippen molar-refractivity contribution in [3.8, 4) is 0 Å². The maximum absolute atomic E-state index is 13.1. The smallest absolute Gasteiger partial charge is 0.330 e. The number of hydrogen-bond acceptors (Lipinski definition) is 6. The van der Waals surface area contributed by atoms with Gasteiger partial charge >= 0.3 is 11.7 Å². The van der Waals surface area contributed by atoms with E-state index in [-0.39, 0.29) is 37.5 Å². The molecule has 0 spiro atoms. The molecule has 0 aliphatic heterocycles. The molecule has 34 heavy (non-hydrogen) atoms. The summed E-state index contributed by atoms with van der Waals surface area (Å²) in [6.07, 6.45) is 3.64. The van der Waals surface area contributed by atoms with E-state index >= 15 is 0 Å². The Bertz CT molecular complexity index is 1080. The average Bonchev–Trinajstić information content (AvgIpc) is 2.81. The van der Waals surface area contributed by atoms with Gasteiger partial charge in [-0.25, -0.2) is 4.79 Å². The van der Waals surface area contributed by atoms with E-state index in [0.29, 0.717) is 24.4 Å². The number of nitrogen functional groups attached to an aromatic ring is 1. The Morgan fingerprint density at radius 1 is 1.06 bits per heavy atom. The number of esters is 1. The normalized spacial score (nSPS) is 10.8. The zero-order chi connectivity index (χ0) is 25.1. The van der Waals surface area contributed by atoms with Gasteiger partial charge in [0.2, 0.25) is 5.91 Å². The molecular weight excluding hydrogens is 460 g/mol. The molecule has 2 aromatic rings. The molecule has 0 fully saturated rings. The second-order valence-electron chi connectivity index (χ2n) is 8.04. The van der Waals surface area contributed by atoms with Crippen LogP contribution in [0, 0.1) is 0 Å². The molecule has 1 aromatic heterocycles. The summed E-state index contributed by atoms with van der Waals surface area (Å²) in [6, 6.07) is 6.89.